The number of aryl methyl sites for hydroxylation is 1. The maximum absolute atomic E-state index is 12.7. The van der Waals surface area contributed by atoms with Crippen LogP contribution in [0.2, 0.25) is 0 Å². The number of ether oxygens (including phenoxy) is 1. The van der Waals surface area contributed by atoms with E-state index in [2.05, 4.69) is 15.2 Å². The molecule has 7 nitrogen and oxygen atoms in total. The molecule has 1 fully saturated rings. The number of nitrogens with zero attached hydrogens (tertiary/aromatic N) is 4. The van der Waals surface area contributed by atoms with Crippen molar-refractivity contribution >= 4 is 11.8 Å². The van der Waals surface area contributed by atoms with Crippen LogP contribution in [-0.2, 0) is 24.2 Å². The molecule has 1 aromatic heterocycles. The van der Waals surface area contributed by atoms with Crippen molar-refractivity contribution in [2.75, 3.05) is 37.7 Å². The van der Waals surface area contributed by atoms with Crippen molar-refractivity contribution in [2.45, 2.75) is 26.4 Å². The molecule has 4 rings (SSSR count). The van der Waals surface area contributed by atoms with Crippen molar-refractivity contribution < 1.29 is 9.53 Å². The lowest BCUT2D eigenvalue weighted by Gasteiger charge is -2.34. The molecule has 7 heteroatoms. The Morgan fingerprint density at radius 3 is 2.70 bits per heavy atom. The molecule has 1 aromatic carbocycles. The van der Waals surface area contributed by atoms with Gasteiger partial charge in [-0.25, -0.2) is 14.8 Å². The number of rotatable bonds is 3. The third-order valence-electron chi connectivity index (χ3n) is 5.03. The third-order valence-corrected chi connectivity index (χ3v) is 5.03. The van der Waals surface area contributed by atoms with Gasteiger partial charge in [0.1, 0.15) is 11.6 Å². The number of benzene rings is 1. The van der Waals surface area contributed by atoms with Gasteiger partial charge in [0, 0.05) is 38.2 Å². The molecule has 0 unspecified atom stereocenters. The lowest BCUT2D eigenvalue weighted by atomic mass is 10.1. The van der Waals surface area contributed by atoms with Gasteiger partial charge in [-0.1, -0.05) is 30.3 Å². The quantitative estimate of drug-likeness (QED) is 0.897. The molecule has 2 amide bonds. The molecule has 2 aliphatic heterocycles. The van der Waals surface area contributed by atoms with E-state index in [0.29, 0.717) is 32.8 Å². The van der Waals surface area contributed by atoms with E-state index in [9.17, 15) is 4.79 Å². The SMILES string of the molecule is Cc1nc2c(c(N3CCOCC3)n1)CN(C(=O)NCc1ccccc1)CC2. The zero-order valence-electron chi connectivity index (χ0n) is 15.6. The number of anilines is 1. The van der Waals surface area contributed by atoms with Crippen molar-refractivity contribution in [1.29, 1.82) is 0 Å². The molecule has 2 aliphatic rings. The van der Waals surface area contributed by atoms with Crippen LogP contribution in [0.1, 0.15) is 22.6 Å². The summed E-state index contributed by atoms with van der Waals surface area (Å²) in [5, 5.41) is 3.02. The molecule has 3 heterocycles. The van der Waals surface area contributed by atoms with Crippen LogP contribution in [0.4, 0.5) is 10.6 Å². The number of carbonyl (C=O) groups excluding carboxylic acids is 1. The first-order valence-corrected chi connectivity index (χ1v) is 9.46. The molecule has 0 spiro atoms. The van der Waals surface area contributed by atoms with Crippen LogP contribution in [0.25, 0.3) is 0 Å². The number of hydrogen-bond acceptors (Lipinski definition) is 5. The Morgan fingerprint density at radius 2 is 1.93 bits per heavy atom. The lowest BCUT2D eigenvalue weighted by Crippen LogP contribution is -2.44. The highest BCUT2D eigenvalue weighted by Gasteiger charge is 2.27. The smallest absolute Gasteiger partial charge is 0.317 e. The molecule has 27 heavy (non-hydrogen) atoms. The van der Waals surface area contributed by atoms with Crippen LogP contribution in [-0.4, -0.2) is 53.7 Å². The zero-order chi connectivity index (χ0) is 18.6. The predicted octanol–water partition coefficient (Wildman–Crippen LogP) is 1.89. The summed E-state index contributed by atoms with van der Waals surface area (Å²) < 4.78 is 5.47. The van der Waals surface area contributed by atoms with Gasteiger partial charge >= 0.3 is 6.03 Å². The molecule has 0 aliphatic carbocycles. The Kier molecular flexibility index (Phi) is 5.20. The summed E-state index contributed by atoms with van der Waals surface area (Å²) in [7, 11) is 0. The number of hydrogen-bond donors (Lipinski definition) is 1. The van der Waals surface area contributed by atoms with Crippen LogP contribution >= 0.6 is 0 Å². The highest BCUT2D eigenvalue weighted by molar-refractivity contribution is 5.75. The summed E-state index contributed by atoms with van der Waals surface area (Å²) >= 11 is 0. The van der Waals surface area contributed by atoms with E-state index >= 15 is 0 Å². The maximum Gasteiger partial charge on any atom is 0.317 e. The van der Waals surface area contributed by atoms with Crippen molar-refractivity contribution in [1.82, 2.24) is 20.2 Å². The Balaban J connectivity index is 1.49. The van der Waals surface area contributed by atoms with E-state index in [4.69, 9.17) is 9.72 Å². The third kappa shape index (κ3) is 4.03. The monoisotopic (exact) mass is 367 g/mol. The predicted molar refractivity (Wildman–Crippen MR) is 103 cm³/mol. The van der Waals surface area contributed by atoms with E-state index in [1.807, 2.05) is 42.2 Å². The minimum atomic E-state index is -0.0435. The summed E-state index contributed by atoms with van der Waals surface area (Å²) in [5.41, 5.74) is 3.23. The molecule has 0 bridgehead atoms. The Bertz CT molecular complexity index is 806. The van der Waals surface area contributed by atoms with E-state index < -0.39 is 0 Å². The van der Waals surface area contributed by atoms with Crippen LogP contribution < -0.4 is 10.2 Å². The van der Waals surface area contributed by atoms with Gasteiger partial charge in [-0.2, -0.15) is 0 Å². The summed E-state index contributed by atoms with van der Waals surface area (Å²) in [4.78, 5) is 26.1. The van der Waals surface area contributed by atoms with E-state index in [-0.39, 0.29) is 6.03 Å². The fraction of sp³-hybridized carbons (Fsp3) is 0.450. The Morgan fingerprint density at radius 1 is 1.15 bits per heavy atom. The van der Waals surface area contributed by atoms with E-state index in [0.717, 1.165) is 48.0 Å². The number of fused-ring (bicyclic) bond motifs is 1. The Labute approximate surface area is 159 Å². The van der Waals surface area contributed by atoms with E-state index in [1.165, 1.54) is 0 Å². The highest BCUT2D eigenvalue weighted by atomic mass is 16.5. The van der Waals surface area contributed by atoms with Crippen molar-refractivity contribution in [2.24, 2.45) is 0 Å². The zero-order valence-corrected chi connectivity index (χ0v) is 15.6. The molecule has 0 saturated carbocycles. The van der Waals surface area contributed by atoms with Crippen molar-refractivity contribution in [3.8, 4) is 0 Å². The van der Waals surface area contributed by atoms with Crippen molar-refractivity contribution in [3.05, 3.63) is 53.0 Å². The normalized spacial score (nSPS) is 16.8. The first kappa shape index (κ1) is 17.7. The first-order chi connectivity index (χ1) is 13.2. The standard InChI is InChI=1S/C20H25N5O2/c1-15-22-18-7-8-25(20(26)21-13-16-5-3-2-4-6-16)14-17(18)19(23-15)24-9-11-27-12-10-24/h2-6H,7-14H2,1H3,(H,21,26). The fourth-order valence-electron chi connectivity index (χ4n) is 3.61. The number of amides is 2. The van der Waals surface area contributed by atoms with Crippen molar-refractivity contribution in [3.63, 3.8) is 0 Å². The summed E-state index contributed by atoms with van der Waals surface area (Å²) in [6.07, 6.45) is 0.759. The molecule has 1 saturated heterocycles. The van der Waals surface area contributed by atoms with Gasteiger partial charge in [0.2, 0.25) is 0 Å². The summed E-state index contributed by atoms with van der Waals surface area (Å²) in [6, 6.07) is 9.91. The average molecular weight is 367 g/mol. The molecule has 0 radical (unpaired) electrons. The highest BCUT2D eigenvalue weighted by Crippen LogP contribution is 2.27. The second-order valence-electron chi connectivity index (χ2n) is 6.93. The van der Waals surface area contributed by atoms with Gasteiger partial charge in [-0.3, -0.25) is 0 Å². The summed E-state index contributed by atoms with van der Waals surface area (Å²) in [5.74, 6) is 1.75. The number of carbonyl (C=O) groups is 1. The molecular formula is C20H25N5O2. The average Bonchev–Trinajstić information content (AvgIpc) is 2.72. The molecule has 2 aromatic rings. The van der Waals surface area contributed by atoms with Gasteiger partial charge in [0.15, 0.2) is 0 Å². The van der Waals surface area contributed by atoms with Gasteiger partial charge < -0.3 is 19.9 Å². The van der Waals surface area contributed by atoms with Gasteiger partial charge in [-0.05, 0) is 12.5 Å². The minimum absolute atomic E-state index is 0.0435. The Hall–Kier alpha value is -2.67. The topological polar surface area (TPSA) is 70.6 Å². The minimum Gasteiger partial charge on any atom is -0.378 e. The number of nitrogens with one attached hydrogen (secondary N) is 1. The summed E-state index contributed by atoms with van der Waals surface area (Å²) in [6.45, 7) is 6.74. The molecule has 142 valence electrons. The number of morpholine rings is 1. The van der Waals surface area contributed by atoms with Gasteiger partial charge in [-0.15, -0.1) is 0 Å². The van der Waals surface area contributed by atoms with Gasteiger partial charge in [0.05, 0.1) is 25.5 Å². The van der Waals surface area contributed by atoms with Crippen LogP contribution in [0.3, 0.4) is 0 Å². The molecular weight excluding hydrogens is 342 g/mol. The van der Waals surface area contributed by atoms with Gasteiger partial charge in [0.25, 0.3) is 0 Å². The lowest BCUT2D eigenvalue weighted by molar-refractivity contribution is 0.122. The fourth-order valence-corrected chi connectivity index (χ4v) is 3.61. The maximum atomic E-state index is 12.7. The molecule has 1 N–H and O–H groups in total. The molecule has 0 atom stereocenters. The number of aromatic nitrogens is 2. The second-order valence-corrected chi connectivity index (χ2v) is 6.93. The first-order valence-electron chi connectivity index (χ1n) is 9.46. The number of urea groups is 1. The van der Waals surface area contributed by atoms with Crippen LogP contribution in [0, 0.1) is 6.92 Å². The van der Waals surface area contributed by atoms with Crippen LogP contribution in [0.5, 0.6) is 0 Å². The van der Waals surface area contributed by atoms with Crippen LogP contribution in [0.15, 0.2) is 30.3 Å². The van der Waals surface area contributed by atoms with E-state index in [1.54, 1.807) is 0 Å². The largest absolute Gasteiger partial charge is 0.378 e. The second kappa shape index (κ2) is 7.92.